The predicted molar refractivity (Wildman–Crippen MR) is 63.4 cm³/mol. The second kappa shape index (κ2) is 4.44. The maximum absolute atomic E-state index is 11.7. The molecule has 1 aliphatic heterocycles. The highest BCUT2D eigenvalue weighted by Crippen LogP contribution is 2.53. The van der Waals surface area contributed by atoms with Gasteiger partial charge in [0.1, 0.15) is 0 Å². The van der Waals surface area contributed by atoms with Gasteiger partial charge < -0.3 is 18.9 Å². The Bertz CT molecular complexity index is 483. The Kier molecular flexibility index (Phi) is 3.15. The molecule has 0 amide bonds. The summed E-state index contributed by atoms with van der Waals surface area (Å²) >= 11 is 3.33. The van der Waals surface area contributed by atoms with E-state index in [0.717, 1.165) is 0 Å². The Hall–Kier alpha value is -1.43. The van der Waals surface area contributed by atoms with Crippen molar-refractivity contribution in [3.05, 3.63) is 10.0 Å². The summed E-state index contributed by atoms with van der Waals surface area (Å²) < 4.78 is 21.6. The first-order chi connectivity index (χ1) is 8.11. The van der Waals surface area contributed by atoms with Crippen LogP contribution in [0, 0.1) is 0 Å². The molecular formula is C11H11BrO5. The average molecular weight is 303 g/mol. The Morgan fingerprint density at radius 2 is 1.71 bits per heavy atom. The van der Waals surface area contributed by atoms with Crippen molar-refractivity contribution in [2.45, 2.75) is 6.92 Å². The molecule has 17 heavy (non-hydrogen) atoms. The fraction of sp³-hybridized carbons (Fsp3) is 0.364. The van der Waals surface area contributed by atoms with Crippen LogP contribution in [0.25, 0.3) is 0 Å². The van der Waals surface area contributed by atoms with Gasteiger partial charge in [0.25, 0.3) is 0 Å². The summed E-state index contributed by atoms with van der Waals surface area (Å²) in [5.74, 6) is 1.49. The first-order valence-corrected chi connectivity index (χ1v) is 5.65. The van der Waals surface area contributed by atoms with Gasteiger partial charge in [-0.1, -0.05) is 0 Å². The number of carbonyl (C=O) groups excluding carboxylic acids is 1. The highest BCUT2D eigenvalue weighted by Gasteiger charge is 2.32. The zero-order chi connectivity index (χ0) is 12.6. The van der Waals surface area contributed by atoms with Crippen molar-refractivity contribution in [1.82, 2.24) is 0 Å². The second-order valence-corrected chi connectivity index (χ2v) is 4.17. The van der Waals surface area contributed by atoms with Crippen LogP contribution in [0.1, 0.15) is 17.3 Å². The van der Waals surface area contributed by atoms with Gasteiger partial charge in [-0.05, 0) is 22.9 Å². The van der Waals surface area contributed by atoms with E-state index in [-0.39, 0.29) is 12.6 Å². The summed E-state index contributed by atoms with van der Waals surface area (Å²) in [6.45, 7) is 1.53. The number of fused-ring (bicyclic) bond motifs is 1. The SMILES string of the molecule is COc1c(Br)c(C(C)=O)c(OC)c2c1OCO2. The lowest BCUT2D eigenvalue weighted by atomic mass is 10.1. The molecule has 5 nitrogen and oxygen atoms in total. The Morgan fingerprint density at radius 3 is 2.18 bits per heavy atom. The number of hydrogen-bond acceptors (Lipinski definition) is 5. The normalized spacial score (nSPS) is 12.5. The third-order valence-corrected chi connectivity index (χ3v) is 3.19. The summed E-state index contributed by atoms with van der Waals surface area (Å²) in [5.41, 5.74) is 0.383. The fourth-order valence-electron chi connectivity index (χ4n) is 1.73. The summed E-state index contributed by atoms with van der Waals surface area (Å²) in [7, 11) is 2.97. The molecule has 0 saturated heterocycles. The maximum atomic E-state index is 11.7. The van der Waals surface area contributed by atoms with Gasteiger partial charge in [-0.3, -0.25) is 4.79 Å². The molecule has 1 aliphatic rings. The topological polar surface area (TPSA) is 54.0 Å². The predicted octanol–water partition coefficient (Wildman–Crippen LogP) is 2.40. The molecule has 0 atom stereocenters. The van der Waals surface area contributed by atoms with Crippen molar-refractivity contribution < 1.29 is 23.7 Å². The minimum absolute atomic E-state index is 0.0792. The number of benzene rings is 1. The summed E-state index contributed by atoms with van der Waals surface area (Å²) in [5, 5.41) is 0. The van der Waals surface area contributed by atoms with Crippen molar-refractivity contribution in [2.75, 3.05) is 21.0 Å². The van der Waals surface area contributed by atoms with E-state index in [1.807, 2.05) is 0 Å². The highest BCUT2D eigenvalue weighted by molar-refractivity contribution is 9.10. The van der Waals surface area contributed by atoms with Crippen molar-refractivity contribution in [1.29, 1.82) is 0 Å². The summed E-state index contributed by atoms with van der Waals surface area (Å²) in [4.78, 5) is 11.7. The number of ketones is 1. The smallest absolute Gasteiger partial charge is 0.231 e. The Morgan fingerprint density at radius 1 is 1.18 bits per heavy atom. The molecule has 0 bridgehead atoms. The zero-order valence-corrected chi connectivity index (χ0v) is 11.2. The van der Waals surface area contributed by atoms with Gasteiger partial charge in [-0.2, -0.15) is 0 Å². The number of Topliss-reactive ketones (excluding diaryl/α,β-unsaturated/α-hetero) is 1. The molecular weight excluding hydrogens is 292 g/mol. The number of methoxy groups -OCH3 is 2. The monoisotopic (exact) mass is 302 g/mol. The van der Waals surface area contributed by atoms with E-state index in [9.17, 15) is 4.79 Å². The largest absolute Gasteiger partial charge is 0.492 e. The maximum Gasteiger partial charge on any atom is 0.231 e. The molecule has 0 saturated carbocycles. The highest BCUT2D eigenvalue weighted by atomic mass is 79.9. The molecule has 6 heteroatoms. The van der Waals surface area contributed by atoms with Gasteiger partial charge in [-0.15, -0.1) is 0 Å². The minimum atomic E-state index is -0.148. The quantitative estimate of drug-likeness (QED) is 0.803. The molecule has 0 fully saturated rings. The first-order valence-electron chi connectivity index (χ1n) is 4.85. The van der Waals surface area contributed by atoms with Crippen LogP contribution in [0.3, 0.4) is 0 Å². The Balaban J connectivity index is 2.80. The zero-order valence-electron chi connectivity index (χ0n) is 9.63. The molecule has 0 N–H and O–H groups in total. The van der Waals surface area contributed by atoms with Gasteiger partial charge in [0.05, 0.1) is 24.3 Å². The molecule has 1 aromatic rings. The van der Waals surface area contributed by atoms with Crippen LogP contribution < -0.4 is 18.9 Å². The van der Waals surface area contributed by atoms with Crippen LogP contribution in [-0.4, -0.2) is 26.8 Å². The molecule has 0 aliphatic carbocycles. The van der Waals surface area contributed by atoms with Gasteiger partial charge in [0, 0.05) is 0 Å². The van der Waals surface area contributed by atoms with Crippen LogP contribution >= 0.6 is 15.9 Å². The second-order valence-electron chi connectivity index (χ2n) is 3.38. The van der Waals surface area contributed by atoms with Crippen molar-refractivity contribution in [3.8, 4) is 23.0 Å². The summed E-state index contributed by atoms with van der Waals surface area (Å²) in [6, 6.07) is 0. The molecule has 0 spiro atoms. The van der Waals surface area contributed by atoms with E-state index in [4.69, 9.17) is 18.9 Å². The van der Waals surface area contributed by atoms with Gasteiger partial charge in [-0.25, -0.2) is 0 Å². The first kappa shape index (κ1) is 12.0. The summed E-state index contributed by atoms with van der Waals surface area (Å²) in [6.07, 6.45) is 0. The van der Waals surface area contributed by atoms with Gasteiger partial charge >= 0.3 is 0 Å². The van der Waals surface area contributed by atoms with Crippen molar-refractivity contribution in [3.63, 3.8) is 0 Å². The molecule has 0 unspecified atom stereocenters. The number of ether oxygens (including phenoxy) is 4. The molecule has 0 radical (unpaired) electrons. The minimum Gasteiger partial charge on any atom is -0.492 e. The number of carbonyl (C=O) groups is 1. The van der Waals surface area contributed by atoms with Gasteiger partial charge in [0.2, 0.25) is 18.3 Å². The van der Waals surface area contributed by atoms with Crippen molar-refractivity contribution in [2.24, 2.45) is 0 Å². The van der Waals surface area contributed by atoms with Gasteiger partial charge in [0.15, 0.2) is 17.3 Å². The molecule has 92 valence electrons. The third-order valence-electron chi connectivity index (χ3n) is 2.43. The van der Waals surface area contributed by atoms with E-state index in [1.165, 1.54) is 21.1 Å². The lowest BCUT2D eigenvalue weighted by molar-refractivity contribution is 0.101. The van der Waals surface area contributed by atoms with Crippen LogP contribution in [0.5, 0.6) is 23.0 Å². The van der Waals surface area contributed by atoms with Crippen LogP contribution in [0.15, 0.2) is 4.47 Å². The van der Waals surface area contributed by atoms with E-state index in [1.54, 1.807) is 0 Å². The lowest BCUT2D eigenvalue weighted by Gasteiger charge is -2.14. The van der Waals surface area contributed by atoms with E-state index in [0.29, 0.717) is 33.0 Å². The number of rotatable bonds is 3. The van der Waals surface area contributed by atoms with Crippen molar-refractivity contribution >= 4 is 21.7 Å². The number of halogens is 1. The average Bonchev–Trinajstić information content (AvgIpc) is 2.75. The molecule has 2 rings (SSSR count). The van der Waals surface area contributed by atoms with Crippen LogP contribution in [-0.2, 0) is 0 Å². The van der Waals surface area contributed by atoms with Crippen LogP contribution in [0.2, 0.25) is 0 Å². The fourth-order valence-corrected chi connectivity index (χ4v) is 2.53. The number of hydrogen-bond donors (Lipinski definition) is 0. The lowest BCUT2D eigenvalue weighted by Crippen LogP contribution is -2.02. The molecule has 1 heterocycles. The standard InChI is InChI=1S/C11H11BrO5/c1-5(13)6-7(12)9(15-3)11-10(8(6)14-2)16-4-17-11/h4H2,1-3H3. The molecule has 1 aromatic carbocycles. The molecule has 0 aromatic heterocycles. The van der Waals surface area contributed by atoms with E-state index in [2.05, 4.69) is 15.9 Å². The Labute approximate surface area is 107 Å². The van der Waals surface area contributed by atoms with Crippen LogP contribution in [0.4, 0.5) is 0 Å². The third kappa shape index (κ3) is 1.72. The van der Waals surface area contributed by atoms with E-state index < -0.39 is 0 Å². The van der Waals surface area contributed by atoms with E-state index >= 15 is 0 Å².